The number of fused-ring (bicyclic) bond motifs is 1. The number of halogens is 12. The van der Waals surface area contributed by atoms with Gasteiger partial charge in [0.2, 0.25) is 0 Å². The Morgan fingerprint density at radius 1 is 0.532 bits per heavy atom. The van der Waals surface area contributed by atoms with Crippen LogP contribution in [0.4, 0.5) is 51.8 Å². The van der Waals surface area contributed by atoms with Crippen molar-refractivity contribution in [2.45, 2.75) is 102 Å². The van der Waals surface area contributed by atoms with Crippen LogP contribution in [0.5, 0.6) is 0 Å². The van der Waals surface area contributed by atoms with E-state index in [0.29, 0.717) is 0 Å². The second-order valence-corrected chi connectivity index (χ2v) is 18.6. The van der Waals surface area contributed by atoms with Gasteiger partial charge in [-0.2, -0.15) is 0 Å². The van der Waals surface area contributed by atoms with E-state index < -0.39 is 21.8 Å². The third kappa shape index (κ3) is 20.7. The summed E-state index contributed by atoms with van der Waals surface area (Å²) in [5.74, 6) is 0. The van der Waals surface area contributed by atoms with Gasteiger partial charge in [-0.15, -0.1) is 11.3 Å². The SMILES string of the molecule is C1=C\CC/C=C\CC/1.C[C@@H]1CC[C@@H](C)P1c1sc2ccccc2c1P1[C@H](C)CC[C@H]1C.F[B-](F)(F)F.F[B-](F)(F)F.F[B-](F)(F)F.[Rh+3]. The van der Waals surface area contributed by atoms with Crippen molar-refractivity contribution in [2.24, 2.45) is 0 Å². The molecule has 2 fully saturated rings. The van der Waals surface area contributed by atoms with Crippen LogP contribution in [0, 0.1) is 0 Å². The Bertz CT molecular complexity index is 1130. The van der Waals surface area contributed by atoms with E-state index in [1.54, 1.807) is 10.1 Å². The second kappa shape index (κ2) is 21.7. The fraction of sp³-hybridized carbons (Fsp3) is 0.571. The first-order valence-corrected chi connectivity index (χ1v) is 18.9. The van der Waals surface area contributed by atoms with Crippen molar-refractivity contribution in [2.75, 3.05) is 0 Å². The molecule has 1 aliphatic carbocycles. The number of hydrogen-bond donors (Lipinski definition) is 0. The van der Waals surface area contributed by atoms with E-state index in [-0.39, 0.29) is 35.3 Å². The standard InChI is InChI=1S/C20H28P2S.C8H12.3BF4.Rh/c1-13-9-10-14(2)21(13)19-17-7-5-6-8-18(17)23-20(19)22-15(3)11-12-16(22)4;1-2-4-6-8-7-5-3-1;3*2-1(3,4)5;/h5-8,13-16H,9-12H2,1-4H3;1-2,7-8H,3-6H2;;;;/q;;3*-1;+3/b;2-1-,8-7-;;;;/t13-,14-,15-,16-;;;;;/m1...../s1. The van der Waals surface area contributed by atoms with E-state index in [4.69, 9.17) is 0 Å². The van der Waals surface area contributed by atoms with Crippen molar-refractivity contribution in [3.63, 3.8) is 0 Å². The first kappa shape index (κ1) is 46.5. The number of allylic oxidation sites excluding steroid dienone is 4. The van der Waals surface area contributed by atoms with Gasteiger partial charge in [-0.05, 0) is 80.1 Å². The maximum atomic E-state index is 9.75. The molecule has 1 aromatic heterocycles. The molecule has 0 bridgehead atoms. The number of benzene rings is 1. The summed E-state index contributed by atoms with van der Waals surface area (Å²) in [5.41, 5.74) is 3.69. The predicted molar refractivity (Wildman–Crippen MR) is 179 cm³/mol. The van der Waals surface area contributed by atoms with Crippen LogP contribution in [-0.2, 0) is 19.5 Å². The van der Waals surface area contributed by atoms with Crippen LogP contribution in [0.1, 0.15) is 79.1 Å². The normalized spacial score (nSPS) is 24.8. The Balaban J connectivity index is 0.000000724. The molecule has 2 saturated heterocycles. The van der Waals surface area contributed by atoms with Crippen molar-refractivity contribution in [3.05, 3.63) is 48.6 Å². The predicted octanol–water partition coefficient (Wildman–Crippen LogP) is 12.8. The minimum absolute atomic E-state index is 0. The molecule has 0 N–H and O–H groups in total. The van der Waals surface area contributed by atoms with Gasteiger partial charge < -0.3 is 51.8 Å². The summed E-state index contributed by atoms with van der Waals surface area (Å²) < 4.78 is 120. The van der Waals surface area contributed by atoms with Crippen molar-refractivity contribution in [1.82, 2.24) is 0 Å². The molecule has 0 amide bonds. The van der Waals surface area contributed by atoms with E-state index >= 15 is 0 Å². The quantitative estimate of drug-likeness (QED) is 0.122. The molecular formula is C28H40B3F12P2RhS. The van der Waals surface area contributed by atoms with E-state index in [9.17, 15) is 51.8 Å². The van der Waals surface area contributed by atoms with Crippen molar-refractivity contribution in [3.8, 4) is 0 Å². The molecule has 0 spiro atoms. The first-order chi connectivity index (χ1) is 21.1. The smallest absolute Gasteiger partial charge is 0.418 e. The van der Waals surface area contributed by atoms with Gasteiger partial charge in [-0.1, -0.05) is 86.0 Å². The van der Waals surface area contributed by atoms with Crippen LogP contribution in [0.25, 0.3) is 10.1 Å². The van der Waals surface area contributed by atoms with E-state index in [1.807, 2.05) is 9.92 Å². The Hall–Kier alpha value is -0.502. The summed E-state index contributed by atoms with van der Waals surface area (Å²) in [6, 6.07) is 9.29. The van der Waals surface area contributed by atoms with Crippen molar-refractivity contribution < 1.29 is 71.3 Å². The zero-order valence-electron chi connectivity index (χ0n) is 26.5. The number of rotatable bonds is 2. The van der Waals surface area contributed by atoms with Gasteiger partial charge in [0.05, 0.1) is 0 Å². The molecule has 0 radical (unpaired) electrons. The third-order valence-electron chi connectivity index (χ3n) is 7.28. The maximum absolute atomic E-state index is 9.75. The van der Waals surface area contributed by atoms with Gasteiger partial charge in [-0.25, -0.2) is 0 Å². The second-order valence-electron chi connectivity index (χ2n) is 11.2. The fourth-order valence-electron chi connectivity index (χ4n) is 5.53. The summed E-state index contributed by atoms with van der Waals surface area (Å²) in [5, 5.41) is 3.47. The molecule has 47 heavy (non-hydrogen) atoms. The third-order valence-corrected chi connectivity index (χ3v) is 16.0. The zero-order valence-corrected chi connectivity index (χ0v) is 30.7. The van der Waals surface area contributed by atoms with Gasteiger partial charge >= 0.3 is 41.2 Å². The topological polar surface area (TPSA) is 0 Å². The minimum Gasteiger partial charge on any atom is -0.418 e. The molecule has 4 atom stereocenters. The van der Waals surface area contributed by atoms with Gasteiger partial charge in [0.15, 0.2) is 0 Å². The molecule has 19 heteroatoms. The van der Waals surface area contributed by atoms with E-state index in [2.05, 4.69) is 87.6 Å². The minimum atomic E-state index is -6.00. The van der Waals surface area contributed by atoms with Crippen molar-refractivity contribution in [1.29, 1.82) is 0 Å². The van der Waals surface area contributed by atoms with Crippen LogP contribution in [0.15, 0.2) is 48.6 Å². The molecule has 2 aliphatic heterocycles. The Kier molecular flexibility index (Phi) is 21.4. The van der Waals surface area contributed by atoms with Crippen LogP contribution in [-0.4, -0.2) is 44.4 Å². The Morgan fingerprint density at radius 2 is 0.830 bits per heavy atom. The average molecular weight is 834 g/mol. The van der Waals surface area contributed by atoms with E-state index in [0.717, 1.165) is 22.6 Å². The molecule has 3 heterocycles. The number of thiophene rings is 1. The van der Waals surface area contributed by atoms with Gasteiger partial charge in [-0.3, -0.25) is 0 Å². The van der Waals surface area contributed by atoms with E-state index in [1.165, 1.54) is 51.4 Å². The average Bonchev–Trinajstić information content (AvgIpc) is 3.49. The molecule has 5 rings (SSSR count). The van der Waals surface area contributed by atoms with Crippen LogP contribution >= 0.6 is 27.2 Å². The summed E-state index contributed by atoms with van der Waals surface area (Å²) in [4.78, 5) is 0. The molecule has 0 nitrogen and oxygen atoms in total. The molecule has 270 valence electrons. The first-order valence-electron chi connectivity index (χ1n) is 15.1. The van der Waals surface area contributed by atoms with Crippen LogP contribution in [0.3, 0.4) is 0 Å². The van der Waals surface area contributed by atoms with Gasteiger partial charge in [0.1, 0.15) is 0 Å². The summed E-state index contributed by atoms with van der Waals surface area (Å²) in [6.45, 7) is 10.1. The zero-order chi connectivity index (χ0) is 35.3. The monoisotopic (exact) mass is 834 g/mol. The largest absolute Gasteiger partial charge is 3.00 e. The Morgan fingerprint density at radius 3 is 1.17 bits per heavy atom. The summed E-state index contributed by atoms with van der Waals surface area (Å²) in [6.07, 6.45) is 19.8. The van der Waals surface area contributed by atoms with Gasteiger partial charge in [0.25, 0.3) is 0 Å². The van der Waals surface area contributed by atoms with Crippen LogP contribution < -0.4 is 9.92 Å². The molecule has 2 aromatic rings. The molecule has 3 aliphatic rings. The molecule has 0 unspecified atom stereocenters. The Labute approximate surface area is 289 Å². The number of hydrogen-bond acceptors (Lipinski definition) is 1. The molecular weight excluding hydrogens is 794 g/mol. The molecule has 0 saturated carbocycles. The van der Waals surface area contributed by atoms with Gasteiger partial charge in [0, 0.05) is 20.0 Å². The summed E-state index contributed by atoms with van der Waals surface area (Å²) in [7, 11) is -17.9. The summed E-state index contributed by atoms with van der Waals surface area (Å²) >= 11 is 2.16. The maximum Gasteiger partial charge on any atom is 3.00 e. The molecule has 1 aromatic carbocycles. The van der Waals surface area contributed by atoms with Crippen LogP contribution in [0.2, 0.25) is 0 Å². The fourth-order valence-corrected chi connectivity index (χ4v) is 15.6. The van der Waals surface area contributed by atoms with Crippen molar-refractivity contribution >= 4 is 69.0 Å².